The molecular formula is C14H17ClF3N3O. The third-order valence-electron chi connectivity index (χ3n) is 3.31. The van der Waals surface area contributed by atoms with E-state index in [-0.39, 0.29) is 5.82 Å². The van der Waals surface area contributed by atoms with E-state index in [1.54, 1.807) is 5.01 Å². The van der Waals surface area contributed by atoms with Gasteiger partial charge in [-0.15, -0.1) is 0 Å². The first-order valence-corrected chi connectivity index (χ1v) is 7.24. The van der Waals surface area contributed by atoms with Crippen LogP contribution in [0.5, 0.6) is 0 Å². The van der Waals surface area contributed by atoms with Crippen LogP contribution in [0.15, 0.2) is 23.9 Å². The lowest BCUT2D eigenvalue weighted by Gasteiger charge is -2.19. The van der Waals surface area contributed by atoms with Gasteiger partial charge in [0, 0.05) is 25.3 Å². The number of hydrogen-bond donors (Lipinski definition) is 1. The van der Waals surface area contributed by atoms with E-state index < -0.39 is 16.9 Å². The number of anilines is 1. The third kappa shape index (κ3) is 4.04. The van der Waals surface area contributed by atoms with E-state index in [1.807, 2.05) is 13.1 Å². The summed E-state index contributed by atoms with van der Waals surface area (Å²) < 4.78 is 43.3. The van der Waals surface area contributed by atoms with Gasteiger partial charge in [-0.1, -0.05) is 18.5 Å². The van der Waals surface area contributed by atoms with Gasteiger partial charge in [0.15, 0.2) is 0 Å². The number of nitrogens with one attached hydrogen (secondary N) is 1. The number of alkyl halides is 3. The van der Waals surface area contributed by atoms with Gasteiger partial charge < -0.3 is 4.74 Å². The van der Waals surface area contributed by atoms with E-state index in [0.29, 0.717) is 25.7 Å². The summed E-state index contributed by atoms with van der Waals surface area (Å²) in [7, 11) is 0. The van der Waals surface area contributed by atoms with Crippen molar-refractivity contribution in [3.05, 3.63) is 34.6 Å². The summed E-state index contributed by atoms with van der Waals surface area (Å²) in [6, 6.07) is 2.18. The van der Waals surface area contributed by atoms with Crippen LogP contribution < -0.4 is 5.43 Å². The van der Waals surface area contributed by atoms with E-state index >= 15 is 0 Å². The quantitative estimate of drug-likeness (QED) is 0.827. The largest absolute Gasteiger partial charge is 0.419 e. The van der Waals surface area contributed by atoms with Crippen LogP contribution in [-0.4, -0.2) is 29.8 Å². The van der Waals surface area contributed by atoms with Crippen LogP contribution in [0.2, 0.25) is 5.15 Å². The maximum atomic E-state index is 12.6. The maximum absolute atomic E-state index is 12.6. The van der Waals surface area contributed by atoms with Crippen LogP contribution >= 0.6 is 11.6 Å². The molecule has 1 N–H and O–H groups in total. The van der Waals surface area contributed by atoms with Gasteiger partial charge in [-0.2, -0.15) is 13.2 Å². The topological polar surface area (TPSA) is 37.4 Å². The molecule has 0 aliphatic carbocycles. The second kappa shape index (κ2) is 6.75. The average Bonchev–Trinajstić information content (AvgIpc) is 2.75. The molecule has 0 radical (unpaired) electrons. The molecule has 1 aliphatic heterocycles. The normalized spacial score (nSPS) is 18.5. The standard InChI is InChI=1S/C14H17ClF3N3O/c1-3-22-8-10-7-21(6-9(10)2)20-12-5-4-11(13(15)19-12)14(16,17)18/h4-5,7,9H,3,6,8H2,1-2H3,(H,19,20). The molecule has 1 aromatic rings. The smallest absolute Gasteiger partial charge is 0.377 e. The number of aromatic nitrogens is 1. The van der Waals surface area contributed by atoms with Crippen molar-refractivity contribution in [2.75, 3.05) is 25.2 Å². The summed E-state index contributed by atoms with van der Waals surface area (Å²) in [5, 5.41) is 1.20. The molecule has 2 heterocycles. The summed E-state index contributed by atoms with van der Waals surface area (Å²) in [4.78, 5) is 3.75. The number of ether oxygens (including phenoxy) is 1. The van der Waals surface area contributed by atoms with E-state index in [4.69, 9.17) is 16.3 Å². The highest BCUT2D eigenvalue weighted by Crippen LogP contribution is 2.34. The van der Waals surface area contributed by atoms with E-state index in [2.05, 4.69) is 17.3 Å². The summed E-state index contributed by atoms with van der Waals surface area (Å²) in [6.45, 7) is 5.83. The van der Waals surface area contributed by atoms with E-state index in [9.17, 15) is 13.2 Å². The van der Waals surface area contributed by atoms with E-state index in [1.165, 1.54) is 6.07 Å². The molecule has 0 bridgehead atoms. The first-order chi connectivity index (χ1) is 10.3. The van der Waals surface area contributed by atoms with Gasteiger partial charge in [-0.3, -0.25) is 10.4 Å². The summed E-state index contributed by atoms with van der Waals surface area (Å²) in [5.41, 5.74) is 3.11. The molecule has 1 aliphatic rings. The van der Waals surface area contributed by atoms with Gasteiger partial charge in [0.2, 0.25) is 0 Å². The highest BCUT2D eigenvalue weighted by molar-refractivity contribution is 6.30. The Balaban J connectivity index is 2.06. The van der Waals surface area contributed by atoms with Crippen molar-refractivity contribution < 1.29 is 17.9 Å². The van der Waals surface area contributed by atoms with Gasteiger partial charge in [0.05, 0.1) is 12.2 Å². The van der Waals surface area contributed by atoms with Gasteiger partial charge in [0.1, 0.15) is 11.0 Å². The van der Waals surface area contributed by atoms with Crippen LogP contribution in [0.1, 0.15) is 19.4 Å². The molecule has 122 valence electrons. The van der Waals surface area contributed by atoms with Crippen molar-refractivity contribution in [1.29, 1.82) is 0 Å². The Morgan fingerprint density at radius 1 is 1.45 bits per heavy atom. The number of halogens is 4. The minimum atomic E-state index is -4.50. The van der Waals surface area contributed by atoms with Crippen LogP contribution in [0.25, 0.3) is 0 Å². The predicted octanol–water partition coefficient (Wildman–Crippen LogP) is 3.95. The molecule has 0 amide bonds. The highest BCUT2D eigenvalue weighted by atomic mass is 35.5. The molecule has 1 unspecified atom stereocenters. The number of nitrogens with zero attached hydrogens (tertiary/aromatic N) is 2. The molecule has 4 nitrogen and oxygen atoms in total. The van der Waals surface area contributed by atoms with Crippen LogP contribution in [-0.2, 0) is 10.9 Å². The third-order valence-corrected chi connectivity index (χ3v) is 3.60. The van der Waals surface area contributed by atoms with Gasteiger partial charge in [-0.25, -0.2) is 4.98 Å². The summed E-state index contributed by atoms with van der Waals surface area (Å²) in [5.74, 6) is 0.558. The second-order valence-electron chi connectivity index (χ2n) is 5.04. The first-order valence-electron chi connectivity index (χ1n) is 6.86. The van der Waals surface area contributed by atoms with Crippen molar-refractivity contribution in [3.8, 4) is 0 Å². The molecule has 0 fully saturated rings. The fourth-order valence-electron chi connectivity index (χ4n) is 2.12. The Morgan fingerprint density at radius 2 is 2.18 bits per heavy atom. The Labute approximate surface area is 131 Å². The van der Waals surface area contributed by atoms with Crippen molar-refractivity contribution in [1.82, 2.24) is 9.99 Å². The Morgan fingerprint density at radius 3 is 2.77 bits per heavy atom. The van der Waals surface area contributed by atoms with Crippen molar-refractivity contribution in [2.24, 2.45) is 5.92 Å². The zero-order chi connectivity index (χ0) is 16.3. The number of hydrogen-bond acceptors (Lipinski definition) is 4. The average molecular weight is 336 g/mol. The fraction of sp³-hybridized carbons (Fsp3) is 0.500. The monoisotopic (exact) mass is 335 g/mol. The first kappa shape index (κ1) is 16.9. The zero-order valence-corrected chi connectivity index (χ0v) is 13.0. The maximum Gasteiger partial charge on any atom is 0.419 e. The van der Waals surface area contributed by atoms with Gasteiger partial charge in [-0.05, 0) is 24.6 Å². The van der Waals surface area contributed by atoms with Crippen molar-refractivity contribution >= 4 is 17.4 Å². The number of rotatable bonds is 5. The molecular weight excluding hydrogens is 319 g/mol. The molecule has 22 heavy (non-hydrogen) atoms. The minimum absolute atomic E-state index is 0.263. The number of hydrazine groups is 1. The van der Waals surface area contributed by atoms with E-state index in [0.717, 1.165) is 11.6 Å². The SMILES string of the molecule is CCOCC1=CN(Nc2ccc(C(F)(F)F)c(Cl)n2)CC1C. The molecule has 0 spiro atoms. The Bertz CT molecular complexity index is 563. The number of pyridine rings is 1. The molecule has 0 aromatic carbocycles. The van der Waals surface area contributed by atoms with Crippen LogP contribution in [0, 0.1) is 5.92 Å². The lowest BCUT2D eigenvalue weighted by atomic mass is 10.1. The predicted molar refractivity (Wildman–Crippen MR) is 78.3 cm³/mol. The van der Waals surface area contributed by atoms with Crippen molar-refractivity contribution in [3.63, 3.8) is 0 Å². The Kier molecular flexibility index (Phi) is 5.18. The molecule has 0 saturated carbocycles. The molecule has 1 atom stereocenters. The van der Waals surface area contributed by atoms with Crippen LogP contribution in [0.4, 0.5) is 19.0 Å². The lowest BCUT2D eigenvalue weighted by molar-refractivity contribution is -0.137. The molecule has 1 aromatic heterocycles. The molecule has 8 heteroatoms. The Hall–Kier alpha value is -1.47. The summed E-state index contributed by atoms with van der Waals surface area (Å²) >= 11 is 5.60. The molecule has 0 saturated heterocycles. The molecule has 2 rings (SSSR count). The fourth-order valence-corrected chi connectivity index (χ4v) is 2.39. The second-order valence-corrected chi connectivity index (χ2v) is 5.40. The summed E-state index contributed by atoms with van der Waals surface area (Å²) in [6.07, 6.45) is -2.62. The van der Waals surface area contributed by atoms with Gasteiger partial charge in [0.25, 0.3) is 0 Å². The minimum Gasteiger partial charge on any atom is -0.377 e. The van der Waals surface area contributed by atoms with Gasteiger partial charge >= 0.3 is 6.18 Å². The highest BCUT2D eigenvalue weighted by Gasteiger charge is 2.34. The lowest BCUT2D eigenvalue weighted by Crippen LogP contribution is -2.24. The van der Waals surface area contributed by atoms with Crippen molar-refractivity contribution in [2.45, 2.75) is 20.0 Å². The zero-order valence-electron chi connectivity index (χ0n) is 12.2. The van der Waals surface area contributed by atoms with Crippen LogP contribution in [0.3, 0.4) is 0 Å².